The fraction of sp³-hybridized carbons (Fsp3) is 0.407. The second kappa shape index (κ2) is 10.8. The normalized spacial score (nSPS) is 21.2. The van der Waals surface area contributed by atoms with Crippen LogP contribution in [0.4, 0.5) is 4.39 Å². The number of esters is 1. The Morgan fingerprint density at radius 3 is 2.42 bits per heavy atom. The minimum Gasteiger partial charge on any atom is -0.465 e. The zero-order valence-corrected chi connectivity index (χ0v) is 22.0. The third-order valence-corrected chi connectivity index (χ3v) is 10.6. The zero-order chi connectivity index (χ0) is 26.0. The molecule has 36 heavy (non-hydrogen) atoms. The number of ketones is 1. The summed E-state index contributed by atoms with van der Waals surface area (Å²) in [7, 11) is -3.06. The summed E-state index contributed by atoms with van der Waals surface area (Å²) in [4.78, 5) is 28.3. The van der Waals surface area contributed by atoms with E-state index in [9.17, 15) is 22.4 Å². The number of carbonyl (C=O) groups excluding carboxylic acids is 2. The van der Waals surface area contributed by atoms with Gasteiger partial charge in [0.15, 0.2) is 5.78 Å². The first-order chi connectivity index (χ1) is 17.1. The summed E-state index contributed by atoms with van der Waals surface area (Å²) in [6.45, 7) is 8.04. The molecule has 6 nitrogen and oxygen atoms in total. The Kier molecular flexibility index (Phi) is 7.90. The van der Waals surface area contributed by atoms with Crippen LogP contribution in [-0.2, 0) is 23.2 Å². The van der Waals surface area contributed by atoms with Crippen LogP contribution < -0.4 is 0 Å². The average molecular weight is 532 g/mol. The largest absolute Gasteiger partial charge is 0.465 e. The first kappa shape index (κ1) is 26.4. The number of benzene rings is 2. The molecule has 4 rings (SSSR count). The fourth-order valence-corrected chi connectivity index (χ4v) is 8.33. The molecule has 3 atom stereocenters. The van der Waals surface area contributed by atoms with Gasteiger partial charge < -0.3 is 9.64 Å². The molecular weight excluding hydrogens is 501 g/mol. The van der Waals surface area contributed by atoms with E-state index in [4.69, 9.17) is 4.74 Å². The van der Waals surface area contributed by atoms with Crippen LogP contribution >= 0.6 is 10.8 Å². The number of ether oxygens (including phenoxy) is 1. The maximum absolute atomic E-state index is 14.9. The predicted molar refractivity (Wildman–Crippen MR) is 137 cm³/mol. The van der Waals surface area contributed by atoms with Gasteiger partial charge in [-0.25, -0.2) is 12.8 Å². The topological polar surface area (TPSA) is 80.8 Å². The number of carbonyl (C=O) groups is 2. The van der Waals surface area contributed by atoms with Crippen LogP contribution in [-0.4, -0.2) is 43.5 Å². The predicted octanol–water partition coefficient (Wildman–Crippen LogP) is 5.04. The smallest absolute Gasteiger partial charge is 0.316 e. The molecule has 1 saturated carbocycles. The molecule has 2 fully saturated rings. The summed E-state index contributed by atoms with van der Waals surface area (Å²) < 4.78 is 46.6. The number of Topliss-reactive ketones (excluding diaryl/α,β-unsaturated/α-hetero) is 1. The number of hydrogen-bond acceptors (Lipinski definition) is 7. The number of likely N-dealkylation sites (tertiary alicyclic amines) is 1. The molecule has 0 radical (unpaired) electrons. The summed E-state index contributed by atoms with van der Waals surface area (Å²) in [5.74, 6) is -2.37. The zero-order valence-electron chi connectivity index (χ0n) is 20.4. The van der Waals surface area contributed by atoms with E-state index < -0.39 is 37.9 Å². The summed E-state index contributed by atoms with van der Waals surface area (Å²) >= 11 is 0. The molecule has 2 aromatic carbocycles. The van der Waals surface area contributed by atoms with Crippen molar-refractivity contribution in [2.45, 2.75) is 49.3 Å². The molecule has 1 aliphatic heterocycles. The standard InChI is InChI=1S/C27H30FNO5S2/c1-4-34-27(31)24-18(3)29(25(26(30)19-11-12-19)21-7-5-6-8-22(21)28)16-15-23(24)35-36(32,33)20-13-9-17(2)10-14-20/h5-10,13-14,19,23-25H,3-4,11-12,15-16H2,1-2H3. The van der Waals surface area contributed by atoms with Gasteiger partial charge in [-0.2, -0.15) is 0 Å². The number of halogens is 1. The summed E-state index contributed by atoms with van der Waals surface area (Å²) in [6, 6.07) is 11.7. The van der Waals surface area contributed by atoms with Crippen LogP contribution in [0.1, 0.15) is 43.4 Å². The Balaban J connectivity index is 1.67. The molecule has 2 aromatic rings. The molecule has 0 amide bonds. The minimum absolute atomic E-state index is 0.109. The van der Waals surface area contributed by atoms with E-state index in [1.54, 1.807) is 54.3 Å². The Labute approximate surface area is 215 Å². The van der Waals surface area contributed by atoms with Crippen LogP contribution in [0.2, 0.25) is 0 Å². The van der Waals surface area contributed by atoms with E-state index in [1.165, 1.54) is 6.07 Å². The van der Waals surface area contributed by atoms with Gasteiger partial charge in [0.25, 0.3) is 0 Å². The molecule has 2 aliphatic rings. The molecule has 1 saturated heterocycles. The molecule has 0 N–H and O–H groups in total. The van der Waals surface area contributed by atoms with E-state index in [-0.39, 0.29) is 47.4 Å². The molecule has 3 unspecified atom stereocenters. The number of nitrogens with zero attached hydrogens (tertiary/aromatic N) is 1. The van der Waals surface area contributed by atoms with Crippen molar-refractivity contribution in [3.8, 4) is 0 Å². The van der Waals surface area contributed by atoms with Gasteiger partial charge in [-0.05, 0) is 62.1 Å². The Morgan fingerprint density at radius 2 is 1.81 bits per heavy atom. The maximum atomic E-state index is 14.9. The van der Waals surface area contributed by atoms with Crippen molar-refractivity contribution in [2.24, 2.45) is 11.8 Å². The van der Waals surface area contributed by atoms with E-state index in [2.05, 4.69) is 6.58 Å². The monoisotopic (exact) mass is 531 g/mol. The van der Waals surface area contributed by atoms with Crippen LogP contribution in [0.5, 0.6) is 0 Å². The maximum Gasteiger partial charge on any atom is 0.316 e. The third kappa shape index (κ3) is 5.52. The summed E-state index contributed by atoms with van der Waals surface area (Å²) in [5, 5.41) is -0.670. The lowest BCUT2D eigenvalue weighted by molar-refractivity contribution is -0.148. The second-order valence-electron chi connectivity index (χ2n) is 9.21. The Morgan fingerprint density at radius 1 is 1.14 bits per heavy atom. The van der Waals surface area contributed by atoms with Gasteiger partial charge in [0.05, 0.1) is 11.5 Å². The van der Waals surface area contributed by atoms with Gasteiger partial charge in [-0.15, -0.1) is 0 Å². The van der Waals surface area contributed by atoms with Crippen molar-refractivity contribution in [3.05, 3.63) is 77.8 Å². The highest BCUT2D eigenvalue weighted by Crippen LogP contribution is 2.45. The number of rotatable bonds is 9. The van der Waals surface area contributed by atoms with Gasteiger partial charge in [0, 0.05) is 29.0 Å². The van der Waals surface area contributed by atoms with Crippen molar-refractivity contribution in [1.29, 1.82) is 0 Å². The minimum atomic E-state index is -3.78. The van der Waals surface area contributed by atoms with Crippen molar-refractivity contribution >= 4 is 31.4 Å². The number of aryl methyl sites for hydroxylation is 1. The van der Waals surface area contributed by atoms with Gasteiger partial charge >= 0.3 is 5.97 Å². The van der Waals surface area contributed by atoms with E-state index >= 15 is 0 Å². The SMILES string of the molecule is C=C1C(C(=O)OCC)C(SS(=O)(=O)c2ccc(C)cc2)CCN1C(C(=O)C1CC1)c1ccccc1F. The van der Waals surface area contributed by atoms with E-state index in [1.807, 2.05) is 6.92 Å². The Hall–Kier alpha value is -2.65. The molecule has 1 heterocycles. The van der Waals surface area contributed by atoms with Crippen LogP contribution in [0.25, 0.3) is 0 Å². The lowest BCUT2D eigenvalue weighted by Crippen LogP contribution is -2.47. The molecule has 9 heteroatoms. The van der Waals surface area contributed by atoms with Crippen molar-refractivity contribution in [2.75, 3.05) is 13.2 Å². The molecule has 192 valence electrons. The van der Waals surface area contributed by atoms with Crippen molar-refractivity contribution < 1.29 is 27.1 Å². The number of hydrogen-bond donors (Lipinski definition) is 0. The first-order valence-corrected chi connectivity index (χ1v) is 14.9. The highest BCUT2D eigenvalue weighted by atomic mass is 33.1. The van der Waals surface area contributed by atoms with E-state index in [0.29, 0.717) is 10.8 Å². The second-order valence-corrected chi connectivity index (χ2v) is 13.3. The van der Waals surface area contributed by atoms with Crippen LogP contribution in [0.3, 0.4) is 0 Å². The molecule has 0 bridgehead atoms. The number of piperidine rings is 1. The van der Waals surface area contributed by atoms with Crippen LogP contribution in [0.15, 0.2) is 65.7 Å². The third-order valence-electron chi connectivity index (χ3n) is 6.62. The highest BCUT2D eigenvalue weighted by Gasteiger charge is 2.47. The quantitative estimate of drug-likeness (QED) is 0.331. The highest BCUT2D eigenvalue weighted by molar-refractivity contribution is 8.72. The molecule has 0 aromatic heterocycles. The van der Waals surface area contributed by atoms with E-state index in [0.717, 1.165) is 18.4 Å². The lowest BCUT2D eigenvalue weighted by Gasteiger charge is -2.43. The van der Waals surface area contributed by atoms with Gasteiger partial charge in [0.1, 0.15) is 17.8 Å². The van der Waals surface area contributed by atoms with Crippen LogP contribution in [0, 0.1) is 24.6 Å². The van der Waals surface area contributed by atoms with Gasteiger partial charge in [-0.3, -0.25) is 9.59 Å². The first-order valence-electron chi connectivity index (χ1n) is 12.0. The summed E-state index contributed by atoms with van der Waals surface area (Å²) in [6.07, 6.45) is 1.78. The molecular formula is C27H30FNO5S2. The molecule has 0 spiro atoms. The fourth-order valence-electron chi connectivity index (χ4n) is 4.57. The summed E-state index contributed by atoms with van der Waals surface area (Å²) in [5.41, 5.74) is 1.44. The van der Waals surface area contributed by atoms with Gasteiger partial charge in [-0.1, -0.05) is 42.5 Å². The Bertz CT molecular complexity index is 1260. The average Bonchev–Trinajstić information content (AvgIpc) is 3.67. The van der Waals surface area contributed by atoms with Crippen molar-refractivity contribution in [3.63, 3.8) is 0 Å². The van der Waals surface area contributed by atoms with Gasteiger partial charge in [0.2, 0.25) is 8.87 Å². The van der Waals surface area contributed by atoms with Crippen molar-refractivity contribution in [1.82, 2.24) is 4.90 Å². The lowest BCUT2D eigenvalue weighted by atomic mass is 9.89. The molecule has 1 aliphatic carbocycles.